The van der Waals surface area contributed by atoms with Crippen molar-refractivity contribution in [2.24, 2.45) is 5.10 Å². The van der Waals surface area contributed by atoms with Gasteiger partial charge in [0.05, 0.1) is 11.4 Å². The normalized spacial score (nSPS) is 11.0. The smallest absolute Gasteiger partial charge is 0.233 e. The number of para-hydroxylation sites is 1. The number of aromatic nitrogens is 2. The number of hydrogen-bond donors (Lipinski definition) is 1. The van der Waals surface area contributed by atoms with E-state index in [1.165, 1.54) is 0 Å². The zero-order chi connectivity index (χ0) is 15.9. The molecule has 0 unspecified atom stereocenters. The lowest BCUT2D eigenvalue weighted by molar-refractivity contribution is 0.106. The van der Waals surface area contributed by atoms with Gasteiger partial charge in [-0.15, -0.1) is 0 Å². The first-order valence-corrected chi connectivity index (χ1v) is 7.10. The Balaban J connectivity index is 1.96. The lowest BCUT2D eigenvalue weighted by Gasteiger charge is -2.06. The summed E-state index contributed by atoms with van der Waals surface area (Å²) < 4.78 is 0. The molecule has 23 heavy (non-hydrogen) atoms. The van der Waals surface area contributed by atoms with E-state index in [0.717, 1.165) is 5.69 Å². The Morgan fingerprint density at radius 1 is 0.783 bits per heavy atom. The van der Waals surface area contributed by atoms with Crippen LogP contribution in [0.1, 0.15) is 16.2 Å². The fourth-order valence-electron chi connectivity index (χ4n) is 1.98. The Morgan fingerprint density at radius 2 is 1.39 bits per heavy atom. The molecule has 0 bridgehead atoms. The molecule has 0 aliphatic carbocycles. The molecule has 0 atom stereocenters. The topological polar surface area (TPSA) is 67.2 Å². The number of nitrogens with one attached hydrogen (secondary N) is 1. The average Bonchev–Trinajstić information content (AvgIpc) is 2.64. The van der Waals surface area contributed by atoms with E-state index in [-0.39, 0.29) is 11.5 Å². The van der Waals surface area contributed by atoms with Gasteiger partial charge in [0.25, 0.3) is 0 Å². The van der Waals surface area contributed by atoms with Crippen molar-refractivity contribution in [3.8, 4) is 0 Å². The van der Waals surface area contributed by atoms with E-state index < -0.39 is 0 Å². The molecule has 1 aromatic carbocycles. The number of Topliss-reactive ketones (excluding diaryl/α,β-unsaturated/α-hetero) is 1. The molecule has 0 aliphatic heterocycles. The van der Waals surface area contributed by atoms with Crippen LogP contribution in [0.2, 0.25) is 0 Å². The highest BCUT2D eigenvalue weighted by Crippen LogP contribution is 2.08. The van der Waals surface area contributed by atoms with Crippen LogP contribution in [0.15, 0.2) is 84.2 Å². The van der Waals surface area contributed by atoms with Gasteiger partial charge in [0, 0.05) is 12.4 Å². The average molecular weight is 302 g/mol. The molecular formula is C18H14N4O. The molecule has 5 heteroatoms. The molecule has 3 aromatic rings. The molecule has 0 amide bonds. The van der Waals surface area contributed by atoms with Crippen molar-refractivity contribution in [1.82, 2.24) is 9.97 Å². The van der Waals surface area contributed by atoms with Crippen LogP contribution >= 0.6 is 0 Å². The van der Waals surface area contributed by atoms with E-state index in [4.69, 9.17) is 0 Å². The molecule has 0 saturated carbocycles. The van der Waals surface area contributed by atoms with Gasteiger partial charge in [-0.3, -0.25) is 20.2 Å². The molecule has 0 radical (unpaired) electrons. The van der Waals surface area contributed by atoms with E-state index in [0.29, 0.717) is 11.4 Å². The first kappa shape index (κ1) is 14.6. The van der Waals surface area contributed by atoms with Crippen molar-refractivity contribution < 1.29 is 4.79 Å². The van der Waals surface area contributed by atoms with Gasteiger partial charge < -0.3 is 0 Å². The van der Waals surface area contributed by atoms with E-state index in [1.54, 1.807) is 42.7 Å². The van der Waals surface area contributed by atoms with E-state index >= 15 is 0 Å². The number of hydrogen-bond acceptors (Lipinski definition) is 5. The quantitative estimate of drug-likeness (QED) is 0.446. The van der Waals surface area contributed by atoms with Crippen molar-refractivity contribution in [1.29, 1.82) is 0 Å². The summed E-state index contributed by atoms with van der Waals surface area (Å²) in [5, 5.41) is 4.26. The van der Waals surface area contributed by atoms with Gasteiger partial charge in [-0.1, -0.05) is 30.3 Å². The summed E-state index contributed by atoms with van der Waals surface area (Å²) in [4.78, 5) is 21.0. The van der Waals surface area contributed by atoms with Crippen LogP contribution in [-0.4, -0.2) is 21.5 Å². The Labute approximate surface area is 133 Å². The second-order valence-electron chi connectivity index (χ2n) is 4.70. The van der Waals surface area contributed by atoms with Crippen LogP contribution in [0.4, 0.5) is 5.69 Å². The molecular weight excluding hydrogens is 288 g/mol. The zero-order valence-corrected chi connectivity index (χ0v) is 12.3. The number of rotatable bonds is 5. The van der Waals surface area contributed by atoms with E-state index in [1.807, 2.05) is 36.4 Å². The predicted octanol–water partition coefficient (Wildman–Crippen LogP) is 3.18. The number of nitrogens with zero attached hydrogens (tertiary/aromatic N) is 3. The number of anilines is 1. The number of carbonyl (C=O) groups excluding carboxylic acids is 1. The Hall–Kier alpha value is -3.34. The summed E-state index contributed by atoms with van der Waals surface area (Å²) >= 11 is 0. The fourth-order valence-corrected chi connectivity index (χ4v) is 1.98. The minimum atomic E-state index is -0.285. The predicted molar refractivity (Wildman–Crippen MR) is 89.4 cm³/mol. The van der Waals surface area contributed by atoms with Crippen LogP contribution in [0.3, 0.4) is 0 Å². The highest BCUT2D eigenvalue weighted by molar-refractivity contribution is 6.50. The second kappa shape index (κ2) is 7.09. The lowest BCUT2D eigenvalue weighted by Crippen LogP contribution is -2.19. The molecule has 3 rings (SSSR count). The van der Waals surface area contributed by atoms with Crippen LogP contribution in [0.5, 0.6) is 0 Å². The first-order chi connectivity index (χ1) is 11.3. The van der Waals surface area contributed by atoms with Gasteiger partial charge >= 0.3 is 0 Å². The minimum absolute atomic E-state index is 0.216. The van der Waals surface area contributed by atoms with Gasteiger partial charge in [0.15, 0.2) is 5.71 Å². The summed E-state index contributed by atoms with van der Waals surface area (Å²) in [5.74, 6) is -0.285. The molecule has 0 saturated heterocycles. The van der Waals surface area contributed by atoms with Crippen LogP contribution < -0.4 is 5.43 Å². The summed E-state index contributed by atoms with van der Waals surface area (Å²) in [6.07, 6.45) is 3.20. The number of carbonyl (C=O) groups is 1. The molecule has 0 fully saturated rings. The SMILES string of the molecule is O=C(C(=NNc1ccccc1)c1ccccn1)c1ccccn1. The van der Waals surface area contributed by atoms with Gasteiger partial charge in [0.2, 0.25) is 5.78 Å². The fraction of sp³-hybridized carbons (Fsp3) is 0. The molecule has 2 aromatic heterocycles. The van der Waals surface area contributed by atoms with Gasteiger partial charge in [-0.05, 0) is 36.4 Å². The first-order valence-electron chi connectivity index (χ1n) is 7.10. The standard InChI is InChI=1S/C18H14N4O/c23-18(16-11-5-7-13-20-16)17(15-10-4-6-12-19-15)22-21-14-8-2-1-3-9-14/h1-13,21H. The van der Waals surface area contributed by atoms with Crippen LogP contribution in [-0.2, 0) is 0 Å². The number of benzene rings is 1. The number of hydrazone groups is 1. The maximum absolute atomic E-state index is 12.7. The molecule has 0 spiro atoms. The van der Waals surface area contributed by atoms with Crippen molar-refractivity contribution in [2.75, 3.05) is 5.43 Å². The largest absolute Gasteiger partial charge is 0.285 e. The number of ketones is 1. The molecule has 112 valence electrons. The van der Waals surface area contributed by atoms with Crippen molar-refractivity contribution in [2.45, 2.75) is 0 Å². The van der Waals surface area contributed by atoms with Gasteiger partial charge in [-0.25, -0.2) is 0 Å². The summed E-state index contributed by atoms with van der Waals surface area (Å²) in [6, 6.07) is 19.9. The maximum Gasteiger partial charge on any atom is 0.233 e. The Kier molecular flexibility index (Phi) is 4.49. The monoisotopic (exact) mass is 302 g/mol. The number of pyridine rings is 2. The molecule has 5 nitrogen and oxygen atoms in total. The van der Waals surface area contributed by atoms with Crippen LogP contribution in [0.25, 0.3) is 0 Å². The Bertz CT molecular complexity index is 802. The Morgan fingerprint density at radius 3 is 2.00 bits per heavy atom. The van der Waals surface area contributed by atoms with E-state index in [9.17, 15) is 4.79 Å². The highest BCUT2D eigenvalue weighted by Gasteiger charge is 2.18. The lowest BCUT2D eigenvalue weighted by atomic mass is 10.1. The third-order valence-electron chi connectivity index (χ3n) is 3.09. The third kappa shape index (κ3) is 3.65. The minimum Gasteiger partial charge on any atom is -0.285 e. The third-order valence-corrected chi connectivity index (χ3v) is 3.09. The van der Waals surface area contributed by atoms with E-state index in [2.05, 4.69) is 20.5 Å². The van der Waals surface area contributed by atoms with Gasteiger partial charge in [0.1, 0.15) is 5.69 Å². The second-order valence-corrected chi connectivity index (χ2v) is 4.70. The molecule has 1 N–H and O–H groups in total. The molecule has 0 aliphatic rings. The molecule has 2 heterocycles. The highest BCUT2D eigenvalue weighted by atomic mass is 16.1. The zero-order valence-electron chi connectivity index (χ0n) is 12.3. The summed E-state index contributed by atoms with van der Waals surface area (Å²) in [6.45, 7) is 0. The van der Waals surface area contributed by atoms with Crippen molar-refractivity contribution >= 4 is 17.2 Å². The van der Waals surface area contributed by atoms with Gasteiger partial charge in [-0.2, -0.15) is 5.10 Å². The van der Waals surface area contributed by atoms with Crippen molar-refractivity contribution in [3.05, 3.63) is 90.5 Å². The maximum atomic E-state index is 12.7. The van der Waals surface area contributed by atoms with Crippen LogP contribution in [0, 0.1) is 0 Å². The van der Waals surface area contributed by atoms with Crippen molar-refractivity contribution in [3.63, 3.8) is 0 Å². The summed E-state index contributed by atoms with van der Waals surface area (Å²) in [5.41, 5.74) is 4.71. The summed E-state index contributed by atoms with van der Waals surface area (Å²) in [7, 11) is 0.